The van der Waals surface area contributed by atoms with Crippen molar-refractivity contribution in [3.63, 3.8) is 0 Å². The highest BCUT2D eigenvalue weighted by Crippen LogP contribution is 2.32. The zero-order valence-corrected chi connectivity index (χ0v) is 24.8. The van der Waals surface area contributed by atoms with E-state index in [0.717, 1.165) is 21.0 Å². The first kappa shape index (κ1) is 30.3. The Kier molecular flexibility index (Phi) is 9.98. The van der Waals surface area contributed by atoms with Crippen molar-refractivity contribution in [1.82, 2.24) is 10.2 Å². The van der Waals surface area contributed by atoms with Crippen LogP contribution in [0.25, 0.3) is 0 Å². The molecule has 4 aromatic rings. The third kappa shape index (κ3) is 7.16. The maximum absolute atomic E-state index is 14.3. The van der Waals surface area contributed by atoms with E-state index in [4.69, 9.17) is 4.74 Å². The number of hydrogen-bond acceptors (Lipinski definition) is 5. The fourth-order valence-electron chi connectivity index (χ4n) is 4.80. The number of carbonyl (C=O) groups is 2. The Morgan fingerprint density at radius 2 is 1.45 bits per heavy atom. The molecule has 0 aromatic heterocycles. The Labute approximate surface area is 247 Å². The van der Waals surface area contributed by atoms with Crippen LogP contribution >= 0.6 is 0 Å². The van der Waals surface area contributed by atoms with Gasteiger partial charge in [-0.05, 0) is 42.3 Å². The monoisotopic (exact) mass is 585 g/mol. The number of nitrogens with zero attached hydrogens (tertiary/aromatic N) is 2. The second kappa shape index (κ2) is 13.8. The standard InChI is InChI=1S/C33H35N3O5S/c1-25-13-12-16-27(21-25)23-35(30(33(38)34-2)22-26-14-6-4-7-15-26)32(37)24-36(29-19-10-11-20-31(29)41-3)42(39,40)28-17-8-5-9-18-28/h4-21,30H,22-24H2,1-3H3,(H,34,38). The molecule has 0 heterocycles. The highest BCUT2D eigenvalue weighted by molar-refractivity contribution is 7.92. The number of para-hydroxylation sites is 2. The molecule has 9 heteroatoms. The van der Waals surface area contributed by atoms with Gasteiger partial charge in [-0.25, -0.2) is 8.42 Å². The molecule has 1 unspecified atom stereocenters. The van der Waals surface area contributed by atoms with Gasteiger partial charge in [0, 0.05) is 20.0 Å². The summed E-state index contributed by atoms with van der Waals surface area (Å²) >= 11 is 0. The Morgan fingerprint density at radius 3 is 2.10 bits per heavy atom. The molecule has 1 N–H and O–H groups in total. The van der Waals surface area contributed by atoms with Crippen LogP contribution in [0.15, 0.2) is 114 Å². The van der Waals surface area contributed by atoms with Crippen molar-refractivity contribution in [2.45, 2.75) is 30.8 Å². The first-order valence-corrected chi connectivity index (χ1v) is 15.0. The van der Waals surface area contributed by atoms with Gasteiger partial charge in [0.1, 0.15) is 18.3 Å². The van der Waals surface area contributed by atoms with Crippen molar-refractivity contribution in [2.75, 3.05) is 25.0 Å². The average molecular weight is 586 g/mol. The lowest BCUT2D eigenvalue weighted by Gasteiger charge is -2.34. The second-order valence-electron chi connectivity index (χ2n) is 9.83. The Bertz CT molecular complexity index is 1610. The van der Waals surface area contributed by atoms with Crippen LogP contribution < -0.4 is 14.4 Å². The molecule has 0 aliphatic carbocycles. The average Bonchev–Trinajstić information content (AvgIpc) is 3.02. The molecule has 42 heavy (non-hydrogen) atoms. The molecule has 1 atom stereocenters. The molecule has 0 bridgehead atoms. The molecule has 0 fully saturated rings. The fourth-order valence-corrected chi connectivity index (χ4v) is 6.24. The van der Waals surface area contributed by atoms with E-state index in [0.29, 0.717) is 5.75 Å². The number of aryl methyl sites for hydroxylation is 1. The molecular formula is C33H35N3O5S. The summed E-state index contributed by atoms with van der Waals surface area (Å²) in [5.74, 6) is -0.594. The lowest BCUT2D eigenvalue weighted by Crippen LogP contribution is -2.53. The SMILES string of the molecule is CNC(=O)C(Cc1ccccc1)N(Cc1cccc(C)c1)C(=O)CN(c1ccccc1OC)S(=O)(=O)c1ccccc1. The van der Waals surface area contributed by atoms with Gasteiger partial charge >= 0.3 is 0 Å². The Hall–Kier alpha value is -4.63. The molecule has 4 rings (SSSR count). The van der Waals surface area contributed by atoms with Crippen molar-refractivity contribution < 1.29 is 22.7 Å². The number of benzene rings is 4. The fraction of sp³-hybridized carbons (Fsp3) is 0.212. The van der Waals surface area contributed by atoms with E-state index in [1.807, 2.05) is 61.5 Å². The van der Waals surface area contributed by atoms with Gasteiger partial charge in [-0.1, -0.05) is 90.5 Å². The number of carbonyl (C=O) groups excluding carboxylic acids is 2. The third-order valence-electron chi connectivity index (χ3n) is 6.92. The number of amides is 2. The number of sulfonamides is 1. The van der Waals surface area contributed by atoms with E-state index >= 15 is 0 Å². The zero-order chi connectivity index (χ0) is 30.1. The molecule has 4 aromatic carbocycles. The molecule has 0 radical (unpaired) electrons. The highest BCUT2D eigenvalue weighted by atomic mass is 32.2. The first-order chi connectivity index (χ1) is 20.2. The van der Waals surface area contributed by atoms with Crippen molar-refractivity contribution in [3.05, 3.63) is 126 Å². The van der Waals surface area contributed by atoms with Crippen LogP contribution in [-0.4, -0.2) is 51.9 Å². The Balaban J connectivity index is 1.81. The van der Waals surface area contributed by atoms with Crippen molar-refractivity contribution in [1.29, 1.82) is 0 Å². The summed E-state index contributed by atoms with van der Waals surface area (Å²) in [4.78, 5) is 29.2. The van der Waals surface area contributed by atoms with E-state index in [1.54, 1.807) is 42.5 Å². The van der Waals surface area contributed by atoms with E-state index in [9.17, 15) is 18.0 Å². The van der Waals surface area contributed by atoms with Crippen LogP contribution in [0, 0.1) is 6.92 Å². The second-order valence-corrected chi connectivity index (χ2v) is 11.7. The minimum atomic E-state index is -4.20. The smallest absolute Gasteiger partial charge is 0.264 e. The normalized spacial score (nSPS) is 11.8. The zero-order valence-electron chi connectivity index (χ0n) is 23.9. The molecule has 0 saturated heterocycles. The van der Waals surface area contributed by atoms with E-state index in [1.165, 1.54) is 31.2 Å². The summed E-state index contributed by atoms with van der Waals surface area (Å²) in [5.41, 5.74) is 2.90. The number of nitrogens with one attached hydrogen (secondary N) is 1. The van der Waals surface area contributed by atoms with Gasteiger partial charge in [0.25, 0.3) is 10.0 Å². The largest absolute Gasteiger partial charge is 0.495 e. The molecule has 0 aliphatic heterocycles. The number of methoxy groups -OCH3 is 1. The molecule has 8 nitrogen and oxygen atoms in total. The summed E-state index contributed by atoms with van der Waals surface area (Å²) in [6.07, 6.45) is 0.248. The molecule has 218 valence electrons. The Morgan fingerprint density at radius 1 is 0.833 bits per heavy atom. The van der Waals surface area contributed by atoms with Gasteiger partial charge in [0.2, 0.25) is 11.8 Å². The highest BCUT2D eigenvalue weighted by Gasteiger charge is 2.35. The van der Waals surface area contributed by atoms with Crippen LogP contribution in [-0.2, 0) is 32.6 Å². The molecule has 2 amide bonds. The lowest BCUT2D eigenvalue weighted by atomic mass is 10.0. The summed E-state index contributed by atoms with van der Waals surface area (Å²) in [7, 11) is -1.23. The van der Waals surface area contributed by atoms with Gasteiger partial charge in [0.05, 0.1) is 17.7 Å². The van der Waals surface area contributed by atoms with Crippen molar-refractivity contribution in [2.24, 2.45) is 0 Å². The quantitative estimate of drug-likeness (QED) is 0.263. The van der Waals surface area contributed by atoms with Crippen LogP contribution in [0.5, 0.6) is 5.75 Å². The predicted molar refractivity (Wildman–Crippen MR) is 164 cm³/mol. The number of anilines is 1. The van der Waals surface area contributed by atoms with Crippen molar-refractivity contribution >= 4 is 27.5 Å². The van der Waals surface area contributed by atoms with Gasteiger partial charge in [-0.2, -0.15) is 0 Å². The minimum Gasteiger partial charge on any atom is -0.495 e. The summed E-state index contributed by atoms with van der Waals surface area (Å²) in [5, 5.41) is 2.69. The van der Waals surface area contributed by atoms with E-state index in [-0.39, 0.29) is 29.5 Å². The lowest BCUT2D eigenvalue weighted by molar-refractivity contribution is -0.139. The maximum atomic E-state index is 14.3. The van der Waals surface area contributed by atoms with Crippen molar-refractivity contribution in [3.8, 4) is 5.75 Å². The first-order valence-electron chi connectivity index (χ1n) is 13.6. The summed E-state index contributed by atoms with van der Waals surface area (Å²) < 4.78 is 34.6. The molecule has 0 aliphatic rings. The minimum absolute atomic E-state index is 0.0288. The maximum Gasteiger partial charge on any atom is 0.264 e. The van der Waals surface area contributed by atoms with E-state index in [2.05, 4.69) is 5.32 Å². The predicted octanol–water partition coefficient (Wildman–Crippen LogP) is 4.59. The third-order valence-corrected chi connectivity index (χ3v) is 8.69. The van der Waals surface area contributed by atoms with Crippen LogP contribution in [0.2, 0.25) is 0 Å². The van der Waals surface area contributed by atoms with E-state index < -0.39 is 28.5 Å². The topological polar surface area (TPSA) is 96.0 Å². The number of rotatable bonds is 12. The van der Waals surface area contributed by atoms with Gasteiger partial charge in [-0.15, -0.1) is 0 Å². The molecule has 0 spiro atoms. The number of ether oxygens (including phenoxy) is 1. The summed E-state index contributed by atoms with van der Waals surface area (Å²) in [6.45, 7) is 1.51. The van der Waals surface area contributed by atoms with Gasteiger partial charge < -0.3 is 15.0 Å². The molecule has 0 saturated carbocycles. The summed E-state index contributed by atoms with van der Waals surface area (Å²) in [6, 6.07) is 30.8. The van der Waals surface area contributed by atoms with Gasteiger partial charge in [-0.3, -0.25) is 13.9 Å². The van der Waals surface area contributed by atoms with Crippen LogP contribution in [0.3, 0.4) is 0 Å². The van der Waals surface area contributed by atoms with Crippen LogP contribution in [0.4, 0.5) is 5.69 Å². The number of likely N-dealkylation sites (N-methyl/N-ethyl adjacent to an activating group) is 1. The molecular weight excluding hydrogens is 550 g/mol. The van der Waals surface area contributed by atoms with Crippen LogP contribution in [0.1, 0.15) is 16.7 Å². The van der Waals surface area contributed by atoms with Gasteiger partial charge in [0.15, 0.2) is 0 Å². The number of hydrogen-bond donors (Lipinski definition) is 1.